The molecule has 0 saturated heterocycles. The van der Waals surface area contributed by atoms with Crippen LogP contribution in [-0.4, -0.2) is 15.2 Å². The van der Waals surface area contributed by atoms with E-state index in [1.54, 1.807) is 12.1 Å². The van der Waals surface area contributed by atoms with Crippen molar-refractivity contribution in [3.63, 3.8) is 0 Å². The van der Waals surface area contributed by atoms with Crippen LogP contribution in [0.3, 0.4) is 0 Å². The molecule has 0 aliphatic heterocycles. The monoisotopic (exact) mass is 396 g/mol. The molecule has 2 aromatic carbocycles. The Morgan fingerprint density at radius 3 is 2.24 bits per heavy atom. The Hall–Kier alpha value is -2.79. The standard InChI is InChI=1S/C20H17BrN2O2/c21-20-3-1-2-17(23-20)13-22-16-8-6-14(7-9-16)4-5-15-10-18(24)12-19(25)11-15/h1-12,22,24-25H,13H2/b5-4+. The maximum absolute atomic E-state index is 9.49. The molecular weight excluding hydrogens is 380 g/mol. The molecule has 0 spiro atoms. The molecular formula is C20H17BrN2O2. The van der Waals surface area contributed by atoms with Crippen molar-refractivity contribution in [3.05, 3.63) is 82.1 Å². The van der Waals surface area contributed by atoms with Crippen molar-refractivity contribution in [1.29, 1.82) is 0 Å². The number of aromatic nitrogens is 1. The number of rotatable bonds is 5. The number of pyridine rings is 1. The van der Waals surface area contributed by atoms with E-state index in [1.807, 2.05) is 54.6 Å². The lowest BCUT2D eigenvalue weighted by Crippen LogP contribution is -2.01. The summed E-state index contributed by atoms with van der Waals surface area (Å²) in [6.07, 6.45) is 3.77. The summed E-state index contributed by atoms with van der Waals surface area (Å²) in [4.78, 5) is 4.39. The molecule has 3 rings (SSSR count). The van der Waals surface area contributed by atoms with Crippen LogP contribution in [0.15, 0.2) is 65.3 Å². The summed E-state index contributed by atoms with van der Waals surface area (Å²) < 4.78 is 0.824. The zero-order valence-electron chi connectivity index (χ0n) is 13.4. The summed E-state index contributed by atoms with van der Waals surface area (Å²) in [7, 11) is 0. The Kier molecular flexibility index (Phi) is 5.36. The van der Waals surface area contributed by atoms with Gasteiger partial charge in [0.2, 0.25) is 0 Å². The largest absolute Gasteiger partial charge is 0.508 e. The van der Waals surface area contributed by atoms with Crippen molar-refractivity contribution in [2.45, 2.75) is 6.54 Å². The van der Waals surface area contributed by atoms with E-state index in [4.69, 9.17) is 0 Å². The topological polar surface area (TPSA) is 65.4 Å². The van der Waals surface area contributed by atoms with Crippen molar-refractivity contribution in [1.82, 2.24) is 4.98 Å². The highest BCUT2D eigenvalue weighted by Gasteiger charge is 1.98. The van der Waals surface area contributed by atoms with Gasteiger partial charge in [0.25, 0.3) is 0 Å². The number of nitrogens with zero attached hydrogens (tertiary/aromatic N) is 1. The Morgan fingerprint density at radius 1 is 0.880 bits per heavy atom. The van der Waals surface area contributed by atoms with E-state index in [-0.39, 0.29) is 11.5 Å². The molecule has 126 valence electrons. The molecule has 0 amide bonds. The molecule has 0 aliphatic carbocycles. The predicted octanol–water partition coefficient (Wildman–Crippen LogP) is 5.04. The smallest absolute Gasteiger partial charge is 0.119 e. The van der Waals surface area contributed by atoms with Crippen LogP contribution in [0.1, 0.15) is 16.8 Å². The fourth-order valence-electron chi connectivity index (χ4n) is 2.36. The van der Waals surface area contributed by atoms with Gasteiger partial charge in [0.15, 0.2) is 0 Å². The number of benzene rings is 2. The van der Waals surface area contributed by atoms with Crippen LogP contribution >= 0.6 is 15.9 Å². The predicted molar refractivity (Wildman–Crippen MR) is 104 cm³/mol. The summed E-state index contributed by atoms with van der Waals surface area (Å²) >= 11 is 3.37. The van der Waals surface area contributed by atoms with Crippen molar-refractivity contribution in [3.8, 4) is 11.5 Å². The van der Waals surface area contributed by atoms with Crippen LogP contribution in [-0.2, 0) is 6.54 Å². The van der Waals surface area contributed by atoms with E-state index < -0.39 is 0 Å². The summed E-state index contributed by atoms with van der Waals surface area (Å²) in [5.74, 6) is 0.0840. The Bertz CT molecular complexity index is 872. The van der Waals surface area contributed by atoms with E-state index >= 15 is 0 Å². The van der Waals surface area contributed by atoms with Crippen molar-refractivity contribution in [2.75, 3.05) is 5.32 Å². The van der Waals surface area contributed by atoms with Gasteiger partial charge in [0.1, 0.15) is 16.1 Å². The number of hydrogen-bond donors (Lipinski definition) is 3. The van der Waals surface area contributed by atoms with Crippen LogP contribution in [0.25, 0.3) is 12.2 Å². The summed E-state index contributed by atoms with van der Waals surface area (Å²) in [6, 6.07) is 18.3. The van der Waals surface area contributed by atoms with Crippen molar-refractivity contribution >= 4 is 33.8 Å². The van der Waals surface area contributed by atoms with Gasteiger partial charge in [0, 0.05) is 11.8 Å². The van der Waals surface area contributed by atoms with E-state index in [2.05, 4.69) is 26.2 Å². The van der Waals surface area contributed by atoms with Gasteiger partial charge in [-0.1, -0.05) is 30.4 Å². The number of anilines is 1. The molecule has 3 N–H and O–H groups in total. The van der Waals surface area contributed by atoms with Crippen LogP contribution < -0.4 is 5.32 Å². The van der Waals surface area contributed by atoms with E-state index in [0.717, 1.165) is 27.1 Å². The first-order valence-electron chi connectivity index (χ1n) is 7.75. The number of nitrogens with one attached hydrogen (secondary N) is 1. The molecule has 0 bridgehead atoms. The summed E-state index contributed by atoms with van der Waals surface area (Å²) in [5, 5.41) is 22.3. The maximum atomic E-state index is 9.49. The highest BCUT2D eigenvalue weighted by molar-refractivity contribution is 9.10. The summed E-state index contributed by atoms with van der Waals surface area (Å²) in [5.41, 5.74) is 3.73. The molecule has 0 unspecified atom stereocenters. The molecule has 0 atom stereocenters. The molecule has 0 saturated carbocycles. The first-order chi connectivity index (χ1) is 12.1. The second kappa shape index (κ2) is 7.85. The average molecular weight is 397 g/mol. The van der Waals surface area contributed by atoms with Crippen molar-refractivity contribution in [2.24, 2.45) is 0 Å². The Labute approximate surface area is 154 Å². The molecule has 4 nitrogen and oxygen atoms in total. The molecule has 1 aromatic heterocycles. The van der Waals surface area contributed by atoms with Gasteiger partial charge in [-0.25, -0.2) is 4.98 Å². The first-order valence-corrected chi connectivity index (χ1v) is 8.54. The molecule has 0 aliphatic rings. The third-order valence-corrected chi connectivity index (χ3v) is 3.99. The SMILES string of the molecule is Oc1cc(O)cc(/C=C/c2ccc(NCc3cccc(Br)n3)cc2)c1. The fraction of sp³-hybridized carbons (Fsp3) is 0.0500. The van der Waals surface area contributed by atoms with Gasteiger partial charge in [-0.2, -0.15) is 0 Å². The lowest BCUT2D eigenvalue weighted by molar-refractivity contribution is 0.450. The van der Waals surface area contributed by atoms with E-state index in [0.29, 0.717) is 6.54 Å². The maximum Gasteiger partial charge on any atom is 0.119 e. The highest BCUT2D eigenvalue weighted by atomic mass is 79.9. The first kappa shape index (κ1) is 17.0. The van der Waals surface area contributed by atoms with Gasteiger partial charge in [-0.15, -0.1) is 0 Å². The lowest BCUT2D eigenvalue weighted by Gasteiger charge is -2.06. The Balaban J connectivity index is 1.62. The molecule has 0 fully saturated rings. The minimum absolute atomic E-state index is 0.0420. The number of phenols is 2. The zero-order valence-corrected chi connectivity index (χ0v) is 14.9. The number of halogens is 1. The third kappa shape index (κ3) is 5.09. The van der Waals surface area contributed by atoms with Gasteiger partial charge in [0.05, 0.1) is 12.2 Å². The fourth-order valence-corrected chi connectivity index (χ4v) is 2.74. The lowest BCUT2D eigenvalue weighted by atomic mass is 10.1. The van der Waals surface area contributed by atoms with Crippen LogP contribution in [0.5, 0.6) is 11.5 Å². The summed E-state index contributed by atoms with van der Waals surface area (Å²) in [6.45, 7) is 0.650. The minimum atomic E-state index is 0.0420. The molecule has 1 heterocycles. The average Bonchev–Trinajstić information content (AvgIpc) is 2.58. The van der Waals surface area contributed by atoms with Gasteiger partial charge in [-0.05, 0) is 63.5 Å². The van der Waals surface area contributed by atoms with Crippen LogP contribution in [0.2, 0.25) is 0 Å². The number of phenolic OH excluding ortho intramolecular Hbond substituents is 2. The van der Waals surface area contributed by atoms with Crippen molar-refractivity contribution < 1.29 is 10.2 Å². The Morgan fingerprint density at radius 2 is 1.56 bits per heavy atom. The molecule has 3 aromatic rings. The zero-order chi connectivity index (χ0) is 17.6. The minimum Gasteiger partial charge on any atom is -0.508 e. The molecule has 0 radical (unpaired) electrons. The van der Waals surface area contributed by atoms with Crippen LogP contribution in [0, 0.1) is 0 Å². The number of aromatic hydroxyl groups is 2. The molecule has 25 heavy (non-hydrogen) atoms. The third-order valence-electron chi connectivity index (χ3n) is 3.55. The van der Waals surface area contributed by atoms with Gasteiger partial charge < -0.3 is 15.5 Å². The van der Waals surface area contributed by atoms with E-state index in [1.165, 1.54) is 6.07 Å². The van der Waals surface area contributed by atoms with Gasteiger partial charge >= 0.3 is 0 Å². The number of hydrogen-bond acceptors (Lipinski definition) is 4. The molecule has 5 heteroatoms. The van der Waals surface area contributed by atoms with Gasteiger partial charge in [-0.3, -0.25) is 0 Å². The second-order valence-electron chi connectivity index (χ2n) is 5.54. The second-order valence-corrected chi connectivity index (χ2v) is 6.36. The normalized spacial score (nSPS) is 10.9. The highest BCUT2D eigenvalue weighted by Crippen LogP contribution is 2.22. The quantitative estimate of drug-likeness (QED) is 0.417. The van der Waals surface area contributed by atoms with Crippen LogP contribution in [0.4, 0.5) is 5.69 Å². The van der Waals surface area contributed by atoms with E-state index in [9.17, 15) is 10.2 Å².